The third kappa shape index (κ3) is 2.63. The summed E-state index contributed by atoms with van der Waals surface area (Å²) >= 11 is 0. The van der Waals surface area contributed by atoms with Crippen molar-refractivity contribution in [1.82, 2.24) is 4.90 Å². The molecule has 3 aliphatic rings. The number of nitrogens with zero attached hydrogens (tertiary/aromatic N) is 1. The Bertz CT molecular complexity index is 393. The summed E-state index contributed by atoms with van der Waals surface area (Å²) in [7, 11) is 0. The van der Waals surface area contributed by atoms with Gasteiger partial charge < -0.3 is 14.4 Å². The van der Waals surface area contributed by atoms with Crippen molar-refractivity contribution in [1.29, 1.82) is 0 Å². The van der Waals surface area contributed by atoms with Gasteiger partial charge in [0.15, 0.2) is 0 Å². The lowest BCUT2D eigenvalue weighted by Crippen LogP contribution is -2.54. The summed E-state index contributed by atoms with van der Waals surface area (Å²) in [6.07, 6.45) is 8.78. The van der Waals surface area contributed by atoms with Crippen LogP contribution in [0.5, 0.6) is 0 Å². The van der Waals surface area contributed by atoms with Crippen LogP contribution in [0.15, 0.2) is 11.6 Å². The van der Waals surface area contributed by atoms with Crippen LogP contribution in [0.3, 0.4) is 0 Å². The van der Waals surface area contributed by atoms with E-state index in [4.69, 9.17) is 9.47 Å². The van der Waals surface area contributed by atoms with Crippen LogP contribution in [0.4, 0.5) is 0 Å². The monoisotopic (exact) mass is 279 g/mol. The molecule has 1 amide bonds. The summed E-state index contributed by atoms with van der Waals surface area (Å²) in [5, 5.41) is 0. The van der Waals surface area contributed by atoms with Crippen LogP contribution in [-0.4, -0.2) is 48.8 Å². The van der Waals surface area contributed by atoms with Crippen molar-refractivity contribution in [3.8, 4) is 0 Å². The first-order valence-electron chi connectivity index (χ1n) is 8.04. The molecule has 2 aliphatic carbocycles. The van der Waals surface area contributed by atoms with E-state index in [1.165, 1.54) is 6.42 Å². The number of hydrogen-bond donors (Lipinski definition) is 0. The Morgan fingerprint density at radius 3 is 3.10 bits per heavy atom. The zero-order chi connectivity index (χ0) is 13.9. The molecule has 0 aromatic heterocycles. The number of carbonyl (C=O) groups is 1. The maximum atomic E-state index is 12.7. The minimum atomic E-state index is 0.0804. The fraction of sp³-hybridized carbons (Fsp3) is 0.812. The molecule has 0 aromatic carbocycles. The molecule has 4 nitrogen and oxygen atoms in total. The van der Waals surface area contributed by atoms with Gasteiger partial charge in [-0.2, -0.15) is 0 Å². The normalized spacial score (nSPS) is 33.8. The Balaban J connectivity index is 1.70. The molecule has 3 rings (SSSR count). The lowest BCUT2D eigenvalue weighted by molar-refractivity contribution is -0.147. The zero-order valence-corrected chi connectivity index (χ0v) is 12.3. The van der Waals surface area contributed by atoms with E-state index in [0.29, 0.717) is 6.61 Å². The van der Waals surface area contributed by atoms with Crippen molar-refractivity contribution in [2.75, 3.05) is 19.8 Å². The maximum absolute atomic E-state index is 12.7. The molecular formula is C16H25NO3. The van der Waals surface area contributed by atoms with Crippen molar-refractivity contribution < 1.29 is 14.3 Å². The molecule has 2 fully saturated rings. The van der Waals surface area contributed by atoms with Gasteiger partial charge in [0, 0.05) is 18.7 Å². The van der Waals surface area contributed by atoms with Gasteiger partial charge in [-0.15, -0.1) is 0 Å². The predicted molar refractivity (Wildman–Crippen MR) is 76.4 cm³/mol. The number of ether oxygens (including phenoxy) is 2. The van der Waals surface area contributed by atoms with Crippen LogP contribution in [-0.2, 0) is 14.3 Å². The number of carbonyl (C=O) groups excluding carboxylic acids is 1. The van der Waals surface area contributed by atoms with Crippen LogP contribution in [0.1, 0.15) is 45.4 Å². The van der Waals surface area contributed by atoms with Crippen LogP contribution < -0.4 is 0 Å². The summed E-state index contributed by atoms with van der Waals surface area (Å²) < 4.78 is 11.7. The van der Waals surface area contributed by atoms with E-state index < -0.39 is 0 Å². The molecule has 112 valence electrons. The van der Waals surface area contributed by atoms with Gasteiger partial charge in [-0.3, -0.25) is 4.79 Å². The Morgan fingerprint density at radius 1 is 1.45 bits per heavy atom. The average Bonchev–Trinajstić information content (AvgIpc) is 2.91. The topological polar surface area (TPSA) is 38.8 Å². The number of allylic oxidation sites excluding steroid dienone is 1. The Labute approximate surface area is 121 Å². The van der Waals surface area contributed by atoms with E-state index in [1.54, 1.807) is 0 Å². The van der Waals surface area contributed by atoms with Crippen LogP contribution in [0.25, 0.3) is 0 Å². The van der Waals surface area contributed by atoms with Gasteiger partial charge in [0.05, 0.1) is 18.8 Å². The highest BCUT2D eigenvalue weighted by Gasteiger charge is 2.45. The first-order chi connectivity index (χ1) is 9.81. The van der Waals surface area contributed by atoms with E-state index in [-0.39, 0.29) is 24.2 Å². The van der Waals surface area contributed by atoms with E-state index in [9.17, 15) is 4.79 Å². The molecular weight excluding hydrogens is 254 g/mol. The number of fused-ring (bicyclic) bond motifs is 1. The lowest BCUT2D eigenvalue weighted by Gasteiger charge is -2.39. The van der Waals surface area contributed by atoms with Crippen LogP contribution in [0.2, 0.25) is 0 Å². The highest BCUT2D eigenvalue weighted by atomic mass is 16.5. The molecule has 0 unspecified atom stereocenters. The van der Waals surface area contributed by atoms with Gasteiger partial charge >= 0.3 is 0 Å². The summed E-state index contributed by atoms with van der Waals surface area (Å²) in [6.45, 7) is 4.11. The van der Waals surface area contributed by atoms with Crippen LogP contribution >= 0.6 is 0 Å². The highest BCUT2D eigenvalue weighted by Crippen LogP contribution is 2.33. The largest absolute Gasteiger partial charge is 0.376 e. The molecule has 3 atom stereocenters. The van der Waals surface area contributed by atoms with Gasteiger partial charge in [-0.1, -0.05) is 6.08 Å². The van der Waals surface area contributed by atoms with Crippen molar-refractivity contribution in [3.05, 3.63) is 11.6 Å². The van der Waals surface area contributed by atoms with Gasteiger partial charge in [0.25, 0.3) is 0 Å². The van der Waals surface area contributed by atoms with Crippen molar-refractivity contribution in [2.45, 2.75) is 63.7 Å². The highest BCUT2D eigenvalue weighted by molar-refractivity contribution is 5.93. The van der Waals surface area contributed by atoms with E-state index in [0.717, 1.165) is 50.8 Å². The second kappa shape index (κ2) is 6.27. The number of morpholine rings is 1. The third-order valence-corrected chi connectivity index (χ3v) is 4.74. The molecule has 0 aromatic rings. The van der Waals surface area contributed by atoms with Gasteiger partial charge in [0.1, 0.15) is 6.10 Å². The standard InChI is InChI=1S/C16H25NO3/c1-2-19-14-9-8-13-15(14)20-11-10-17(13)16(18)12-6-4-3-5-7-12/h6,13-15H,2-5,7-11H2,1H3/t13-,14+,15+/m0/s1. The average molecular weight is 279 g/mol. The fourth-order valence-corrected chi connectivity index (χ4v) is 3.78. The summed E-state index contributed by atoms with van der Waals surface area (Å²) in [6, 6.07) is 0.218. The summed E-state index contributed by atoms with van der Waals surface area (Å²) in [4.78, 5) is 14.8. The van der Waals surface area contributed by atoms with Gasteiger partial charge in [0.2, 0.25) is 5.91 Å². The molecule has 1 aliphatic heterocycles. The first kappa shape index (κ1) is 14.1. The van der Waals surface area contributed by atoms with E-state index in [2.05, 4.69) is 11.0 Å². The molecule has 4 heteroatoms. The molecule has 0 spiro atoms. The predicted octanol–water partition coefficient (Wildman–Crippen LogP) is 2.28. The molecule has 0 N–H and O–H groups in total. The number of amides is 1. The Hall–Kier alpha value is -0.870. The molecule has 1 saturated carbocycles. The quantitative estimate of drug-likeness (QED) is 0.795. The van der Waals surface area contributed by atoms with E-state index in [1.807, 2.05) is 6.92 Å². The van der Waals surface area contributed by atoms with Crippen molar-refractivity contribution in [3.63, 3.8) is 0 Å². The van der Waals surface area contributed by atoms with E-state index >= 15 is 0 Å². The minimum absolute atomic E-state index is 0.0804. The Morgan fingerprint density at radius 2 is 2.35 bits per heavy atom. The molecule has 0 bridgehead atoms. The second-order valence-electron chi connectivity index (χ2n) is 5.95. The first-order valence-corrected chi connectivity index (χ1v) is 8.04. The second-order valence-corrected chi connectivity index (χ2v) is 5.95. The molecule has 1 heterocycles. The van der Waals surface area contributed by atoms with Gasteiger partial charge in [-0.05, 0) is 45.4 Å². The number of hydrogen-bond acceptors (Lipinski definition) is 3. The summed E-state index contributed by atoms with van der Waals surface area (Å²) in [5.41, 5.74) is 1.02. The number of rotatable bonds is 3. The minimum Gasteiger partial charge on any atom is -0.376 e. The SMILES string of the molecule is CCO[C@@H]1CC[C@H]2[C@H]1OCCN2C(=O)C1=CCCCC1. The van der Waals surface area contributed by atoms with Crippen molar-refractivity contribution >= 4 is 5.91 Å². The van der Waals surface area contributed by atoms with Crippen molar-refractivity contribution in [2.24, 2.45) is 0 Å². The van der Waals surface area contributed by atoms with Gasteiger partial charge in [-0.25, -0.2) is 0 Å². The smallest absolute Gasteiger partial charge is 0.249 e. The fourth-order valence-electron chi connectivity index (χ4n) is 3.78. The third-order valence-electron chi connectivity index (χ3n) is 4.74. The molecule has 20 heavy (non-hydrogen) atoms. The lowest BCUT2D eigenvalue weighted by atomic mass is 9.97. The zero-order valence-electron chi connectivity index (χ0n) is 12.3. The van der Waals surface area contributed by atoms with Crippen LogP contribution in [0, 0.1) is 0 Å². The molecule has 1 saturated heterocycles. The summed E-state index contributed by atoms with van der Waals surface area (Å²) in [5.74, 6) is 0.250. The molecule has 0 radical (unpaired) electrons. The maximum Gasteiger partial charge on any atom is 0.249 e. The Kier molecular flexibility index (Phi) is 4.41.